The molecule has 3 aromatic rings. The van der Waals surface area contributed by atoms with Gasteiger partial charge in [-0.15, -0.1) is 10.2 Å². The molecule has 0 radical (unpaired) electrons. The van der Waals surface area contributed by atoms with E-state index in [1.807, 2.05) is 41.5 Å². The van der Waals surface area contributed by atoms with Crippen molar-refractivity contribution in [2.24, 2.45) is 17.3 Å². The molecule has 0 atom stereocenters. The van der Waals surface area contributed by atoms with E-state index in [1.54, 1.807) is 13.1 Å². The third-order valence-electron chi connectivity index (χ3n) is 4.74. The lowest BCUT2D eigenvalue weighted by atomic mass is 9.91. The number of aromatic nitrogens is 3. The van der Waals surface area contributed by atoms with Crippen molar-refractivity contribution in [3.05, 3.63) is 39.7 Å². The van der Waals surface area contributed by atoms with Gasteiger partial charge in [-0.25, -0.2) is 13.1 Å². The molecule has 0 bridgehead atoms. The molecule has 34 heavy (non-hydrogen) atoms. The second kappa shape index (κ2) is 8.86. The predicted octanol–water partition coefficient (Wildman–Crippen LogP) is 6.23. The zero-order chi connectivity index (χ0) is 25.6. The van der Waals surface area contributed by atoms with Crippen molar-refractivity contribution in [2.75, 3.05) is 4.72 Å². The molecule has 2 N–H and O–H groups in total. The maximum Gasteiger partial charge on any atom is 0.266 e. The number of benzene rings is 1. The summed E-state index contributed by atoms with van der Waals surface area (Å²) < 4.78 is 35.4. The molecule has 3 rings (SSSR count). The highest BCUT2D eigenvalue weighted by molar-refractivity contribution is 7.92. The largest absolute Gasteiger partial charge is 0.505 e. The van der Waals surface area contributed by atoms with Gasteiger partial charge in [-0.05, 0) is 12.1 Å². The fourth-order valence-electron chi connectivity index (χ4n) is 2.92. The lowest BCUT2D eigenvalue weighted by Crippen LogP contribution is -2.16. The Balaban J connectivity index is 2.10. The first-order valence-corrected chi connectivity index (χ1v) is 12.4. The molecule has 0 aliphatic heterocycles. The van der Waals surface area contributed by atoms with Crippen LogP contribution in [0.5, 0.6) is 5.75 Å². The van der Waals surface area contributed by atoms with E-state index < -0.39 is 26.1 Å². The van der Waals surface area contributed by atoms with Crippen molar-refractivity contribution in [1.29, 1.82) is 0 Å². The van der Waals surface area contributed by atoms with Crippen molar-refractivity contribution in [3.63, 3.8) is 0 Å². The number of aryl methyl sites for hydroxylation is 1. The van der Waals surface area contributed by atoms with E-state index in [-0.39, 0.29) is 32.8 Å². The minimum Gasteiger partial charge on any atom is -0.505 e. The van der Waals surface area contributed by atoms with Gasteiger partial charge in [0.2, 0.25) is 5.82 Å². The van der Waals surface area contributed by atoms with Crippen LogP contribution in [0.15, 0.2) is 37.8 Å². The van der Waals surface area contributed by atoms with Crippen molar-refractivity contribution in [3.8, 4) is 5.75 Å². The van der Waals surface area contributed by atoms with Crippen LogP contribution in [0.1, 0.15) is 53.0 Å². The van der Waals surface area contributed by atoms with Crippen LogP contribution >= 0.6 is 23.2 Å². The summed E-state index contributed by atoms with van der Waals surface area (Å²) in [6.45, 7) is 11.6. The topological polar surface area (TPSA) is 135 Å². The zero-order valence-electron chi connectivity index (χ0n) is 19.8. The minimum absolute atomic E-state index is 0.0312. The zero-order valence-corrected chi connectivity index (χ0v) is 22.1. The highest BCUT2D eigenvalue weighted by atomic mass is 35.5. The molecule has 0 spiro atoms. The highest BCUT2D eigenvalue weighted by Crippen LogP contribution is 2.40. The van der Waals surface area contributed by atoms with E-state index in [2.05, 4.69) is 25.2 Å². The molecule has 1 aromatic carbocycles. The Morgan fingerprint density at radius 2 is 1.71 bits per heavy atom. The number of azo groups is 1. The normalized spacial score (nSPS) is 13.1. The maximum absolute atomic E-state index is 13.1. The average Bonchev–Trinajstić information content (AvgIpc) is 3.28. The van der Waals surface area contributed by atoms with Crippen LogP contribution in [0.25, 0.3) is 0 Å². The van der Waals surface area contributed by atoms with Crippen LogP contribution in [-0.2, 0) is 27.9 Å². The number of nitrogens with zero attached hydrogens (tertiary/aromatic N) is 5. The van der Waals surface area contributed by atoms with Crippen LogP contribution in [0, 0.1) is 0 Å². The van der Waals surface area contributed by atoms with Gasteiger partial charge in [0, 0.05) is 29.0 Å². The molecule has 0 aliphatic carbocycles. The number of aromatic hydroxyl groups is 1. The number of anilines is 1. The number of sulfonamides is 1. The number of hydrogen-bond acceptors (Lipinski definition) is 8. The summed E-state index contributed by atoms with van der Waals surface area (Å²) in [7, 11) is -2.77. The van der Waals surface area contributed by atoms with E-state index >= 15 is 0 Å². The van der Waals surface area contributed by atoms with Crippen molar-refractivity contribution in [1.82, 2.24) is 14.9 Å². The Morgan fingerprint density at radius 3 is 2.26 bits per heavy atom. The number of rotatable bonds is 5. The number of phenols is 1. The Hall–Kier alpha value is -2.63. The first-order valence-electron chi connectivity index (χ1n) is 10.2. The molecular weight excluding hydrogens is 503 g/mol. The number of phenolic OH excluding ortho intramolecular Hbond substituents is 1. The minimum atomic E-state index is -4.33. The monoisotopic (exact) mass is 528 g/mol. The van der Waals surface area contributed by atoms with Gasteiger partial charge in [-0.3, -0.25) is 4.72 Å². The van der Waals surface area contributed by atoms with Gasteiger partial charge in [-0.1, -0.05) is 69.9 Å². The molecule has 0 amide bonds. The van der Waals surface area contributed by atoms with Crippen molar-refractivity contribution in [2.45, 2.75) is 57.3 Å². The maximum atomic E-state index is 13.1. The predicted molar refractivity (Wildman–Crippen MR) is 130 cm³/mol. The van der Waals surface area contributed by atoms with Crippen LogP contribution in [0.3, 0.4) is 0 Å². The standard InChI is InChI=1S/C21H26Cl2N6O4S/c1-20(2,3)14-10-15(27-33-14)24-25-16-18(21(4,5)6)26-29(7)19(16)28-34(31,32)13-9-11(22)8-12(23)17(13)30/h8-10,28,30H,1-7H3. The van der Waals surface area contributed by atoms with E-state index in [0.717, 1.165) is 6.07 Å². The third-order valence-corrected chi connectivity index (χ3v) is 6.59. The molecule has 0 saturated carbocycles. The Morgan fingerprint density at radius 1 is 1.06 bits per heavy atom. The molecule has 0 aliphatic rings. The summed E-state index contributed by atoms with van der Waals surface area (Å²) in [6, 6.07) is 3.99. The molecule has 2 aromatic heterocycles. The van der Waals surface area contributed by atoms with Crippen molar-refractivity contribution >= 4 is 50.5 Å². The van der Waals surface area contributed by atoms with Gasteiger partial charge >= 0.3 is 0 Å². The fourth-order valence-corrected chi connectivity index (χ4v) is 4.78. The van der Waals surface area contributed by atoms with Crippen LogP contribution < -0.4 is 4.72 Å². The lowest BCUT2D eigenvalue weighted by molar-refractivity contribution is 0.330. The van der Waals surface area contributed by atoms with E-state index in [9.17, 15) is 13.5 Å². The molecular formula is C21H26Cl2N6O4S. The molecule has 13 heteroatoms. The summed E-state index contributed by atoms with van der Waals surface area (Å²) in [5, 5.41) is 26.9. The van der Waals surface area contributed by atoms with E-state index in [4.69, 9.17) is 27.7 Å². The van der Waals surface area contributed by atoms with Gasteiger partial charge in [-0.2, -0.15) is 5.10 Å². The molecule has 2 heterocycles. The highest BCUT2D eigenvalue weighted by Gasteiger charge is 2.30. The second-order valence-corrected chi connectivity index (χ2v) is 12.3. The summed E-state index contributed by atoms with van der Waals surface area (Å²) >= 11 is 11.9. The molecule has 184 valence electrons. The van der Waals surface area contributed by atoms with Crippen LogP contribution in [0.4, 0.5) is 17.3 Å². The number of nitrogens with one attached hydrogen (secondary N) is 1. The van der Waals surface area contributed by atoms with Gasteiger partial charge in [0.1, 0.15) is 10.7 Å². The Bertz CT molecular complexity index is 1370. The number of halogens is 2. The summed E-state index contributed by atoms with van der Waals surface area (Å²) in [5.41, 5.74) is -0.0967. The number of hydrogen-bond donors (Lipinski definition) is 2. The smallest absolute Gasteiger partial charge is 0.266 e. The quantitative estimate of drug-likeness (QED) is 0.376. The molecule has 0 unspecified atom stereocenters. The van der Waals surface area contributed by atoms with Crippen LogP contribution in [-0.4, -0.2) is 28.5 Å². The molecule has 0 saturated heterocycles. The first kappa shape index (κ1) is 26.0. The Labute approximate surface area is 208 Å². The average molecular weight is 529 g/mol. The third kappa shape index (κ3) is 5.37. The van der Waals surface area contributed by atoms with Crippen LogP contribution in [0.2, 0.25) is 10.0 Å². The van der Waals surface area contributed by atoms with Gasteiger partial charge in [0.25, 0.3) is 10.0 Å². The van der Waals surface area contributed by atoms with E-state index in [1.165, 1.54) is 10.7 Å². The van der Waals surface area contributed by atoms with Crippen molar-refractivity contribution < 1.29 is 18.0 Å². The fraction of sp³-hybridized carbons (Fsp3) is 0.429. The van der Waals surface area contributed by atoms with E-state index in [0.29, 0.717) is 11.5 Å². The first-order chi connectivity index (χ1) is 15.5. The summed E-state index contributed by atoms with van der Waals surface area (Å²) in [5.74, 6) is 0.251. The molecule has 10 nitrogen and oxygen atoms in total. The Kier molecular flexibility index (Phi) is 6.77. The SMILES string of the molecule is Cn1nc(C(C)(C)C)c(N=Nc2cc(C(C)(C)C)on2)c1NS(=O)(=O)c1cc(Cl)cc(Cl)c1O. The summed E-state index contributed by atoms with van der Waals surface area (Å²) in [6.07, 6.45) is 0. The second-order valence-electron chi connectivity index (χ2n) is 9.76. The van der Waals surface area contributed by atoms with Gasteiger partial charge in [0.05, 0.1) is 10.7 Å². The summed E-state index contributed by atoms with van der Waals surface area (Å²) in [4.78, 5) is -0.488. The molecule has 0 fully saturated rings. The van der Waals surface area contributed by atoms with Gasteiger partial charge in [0.15, 0.2) is 17.3 Å². The van der Waals surface area contributed by atoms with Gasteiger partial charge < -0.3 is 9.63 Å². The lowest BCUT2D eigenvalue weighted by Gasteiger charge is -2.15.